The summed E-state index contributed by atoms with van der Waals surface area (Å²) >= 11 is 6.46. The summed E-state index contributed by atoms with van der Waals surface area (Å²) in [6, 6.07) is 11.2. The van der Waals surface area contributed by atoms with E-state index in [9.17, 15) is 8.42 Å². The molecular formula is C24H26ClN3O6S. The minimum atomic E-state index is -3.61. The Kier molecular flexibility index (Phi) is 6.47. The second kappa shape index (κ2) is 9.42. The number of hydrogen-bond donors (Lipinski definition) is 0. The molecule has 186 valence electrons. The number of halogens is 1. The highest BCUT2D eigenvalue weighted by Crippen LogP contribution is 2.48. The van der Waals surface area contributed by atoms with E-state index in [1.807, 2.05) is 41.0 Å². The Balaban J connectivity index is 1.68. The molecule has 0 radical (unpaired) electrons. The summed E-state index contributed by atoms with van der Waals surface area (Å²) in [7, 11) is -0.450. The number of rotatable bonds is 8. The van der Waals surface area contributed by atoms with Crippen LogP contribution in [0.4, 0.5) is 0 Å². The topological polar surface area (TPSA) is 102 Å². The maximum absolute atomic E-state index is 11.6. The van der Waals surface area contributed by atoms with Gasteiger partial charge in [-0.15, -0.1) is 10.2 Å². The van der Waals surface area contributed by atoms with E-state index in [2.05, 4.69) is 10.2 Å². The van der Waals surface area contributed by atoms with Gasteiger partial charge in [0.1, 0.15) is 18.0 Å². The van der Waals surface area contributed by atoms with E-state index in [0.29, 0.717) is 28.3 Å². The molecule has 2 heterocycles. The van der Waals surface area contributed by atoms with Gasteiger partial charge >= 0.3 is 0 Å². The zero-order valence-corrected chi connectivity index (χ0v) is 21.2. The zero-order valence-electron chi connectivity index (χ0n) is 19.6. The number of methoxy groups -OCH3 is 2. The maximum Gasteiger partial charge on any atom is 0.264 e. The lowest BCUT2D eigenvalue weighted by Gasteiger charge is -2.25. The van der Waals surface area contributed by atoms with Crippen LogP contribution in [-0.4, -0.2) is 50.3 Å². The average Bonchev–Trinajstić information content (AvgIpc) is 3.60. The van der Waals surface area contributed by atoms with Gasteiger partial charge in [-0.05, 0) is 37.1 Å². The molecule has 3 aromatic rings. The normalized spacial score (nSPS) is 19.5. The Labute approximate surface area is 209 Å². The molecule has 9 nitrogen and oxygen atoms in total. The zero-order chi connectivity index (χ0) is 24.7. The Hall–Kier alpha value is -2.66. The lowest BCUT2D eigenvalue weighted by atomic mass is 9.98. The van der Waals surface area contributed by atoms with Crippen molar-refractivity contribution in [3.05, 3.63) is 64.2 Å². The highest BCUT2D eigenvalue weighted by Gasteiger charge is 2.38. The van der Waals surface area contributed by atoms with Crippen molar-refractivity contribution in [2.24, 2.45) is 0 Å². The van der Waals surface area contributed by atoms with Gasteiger partial charge < -0.3 is 14.2 Å². The molecule has 2 aliphatic rings. The Morgan fingerprint density at radius 2 is 1.86 bits per heavy atom. The molecule has 1 aliphatic heterocycles. The van der Waals surface area contributed by atoms with Crippen LogP contribution in [0.25, 0.3) is 5.69 Å². The summed E-state index contributed by atoms with van der Waals surface area (Å²) in [6.45, 7) is -0.0613. The predicted molar refractivity (Wildman–Crippen MR) is 129 cm³/mol. The van der Waals surface area contributed by atoms with Gasteiger partial charge in [-0.3, -0.25) is 8.75 Å². The third-order valence-electron chi connectivity index (χ3n) is 6.15. The number of para-hydroxylation sites is 1. The standard InChI is InChI=1S/C24H26ClN3O6S/c1-31-19-6-4-5-16(22(19)32-2)21-17-13-15(25)9-10-18(17)28-23(14-7-8-14)26-27-24(28)20(34-21)11-12-33-35(3,29)30/h4-6,9-10,13-14,20-21H,7-8,11-12H2,1-3H3/t20-,21-/m0/s1. The fourth-order valence-corrected chi connectivity index (χ4v) is 5.05. The second-order valence-corrected chi connectivity index (χ2v) is 10.7. The van der Waals surface area contributed by atoms with E-state index in [0.717, 1.165) is 41.7 Å². The van der Waals surface area contributed by atoms with Gasteiger partial charge in [0.05, 0.1) is 32.8 Å². The van der Waals surface area contributed by atoms with Crippen LogP contribution in [0.3, 0.4) is 0 Å². The van der Waals surface area contributed by atoms with Crippen LogP contribution in [0.1, 0.15) is 60.2 Å². The molecule has 5 rings (SSSR count). The average molecular weight is 520 g/mol. The first-order valence-electron chi connectivity index (χ1n) is 11.3. The fraction of sp³-hybridized carbons (Fsp3) is 0.417. The van der Waals surface area contributed by atoms with Crippen LogP contribution < -0.4 is 9.47 Å². The van der Waals surface area contributed by atoms with Gasteiger partial charge in [0.25, 0.3) is 10.1 Å². The summed E-state index contributed by atoms with van der Waals surface area (Å²) < 4.78 is 48.2. The van der Waals surface area contributed by atoms with Crippen LogP contribution >= 0.6 is 11.6 Å². The van der Waals surface area contributed by atoms with Gasteiger partial charge in [0.15, 0.2) is 17.3 Å². The van der Waals surface area contributed by atoms with Gasteiger partial charge in [0.2, 0.25) is 0 Å². The van der Waals surface area contributed by atoms with Crippen LogP contribution in [0, 0.1) is 0 Å². The lowest BCUT2D eigenvalue weighted by molar-refractivity contribution is -0.00769. The summed E-state index contributed by atoms with van der Waals surface area (Å²) in [5.74, 6) is 2.88. The molecule has 0 bridgehead atoms. The smallest absolute Gasteiger partial charge is 0.264 e. The van der Waals surface area contributed by atoms with E-state index in [-0.39, 0.29) is 13.0 Å². The van der Waals surface area contributed by atoms with E-state index < -0.39 is 22.3 Å². The van der Waals surface area contributed by atoms with Crippen molar-refractivity contribution in [1.29, 1.82) is 0 Å². The van der Waals surface area contributed by atoms with Crippen molar-refractivity contribution >= 4 is 21.7 Å². The largest absolute Gasteiger partial charge is 0.493 e. The molecule has 35 heavy (non-hydrogen) atoms. The Morgan fingerprint density at radius 3 is 2.54 bits per heavy atom. The van der Waals surface area contributed by atoms with Gasteiger partial charge in [-0.1, -0.05) is 23.7 Å². The van der Waals surface area contributed by atoms with Crippen LogP contribution in [-0.2, 0) is 19.0 Å². The van der Waals surface area contributed by atoms with Crippen molar-refractivity contribution in [1.82, 2.24) is 14.8 Å². The molecule has 1 aliphatic carbocycles. The number of aromatic nitrogens is 3. The monoisotopic (exact) mass is 519 g/mol. The molecular weight excluding hydrogens is 494 g/mol. The molecule has 2 atom stereocenters. The first-order valence-corrected chi connectivity index (χ1v) is 13.5. The molecule has 0 spiro atoms. The summed E-state index contributed by atoms with van der Waals surface area (Å²) in [6.07, 6.45) is 2.14. The van der Waals surface area contributed by atoms with Crippen LogP contribution in [0.2, 0.25) is 5.02 Å². The number of fused-ring (bicyclic) bond motifs is 3. The summed E-state index contributed by atoms with van der Waals surface area (Å²) in [4.78, 5) is 0. The molecule has 1 saturated carbocycles. The minimum absolute atomic E-state index is 0.0613. The number of hydrogen-bond acceptors (Lipinski definition) is 8. The first-order chi connectivity index (χ1) is 16.8. The Bertz CT molecular complexity index is 1360. The number of benzene rings is 2. The number of nitrogens with zero attached hydrogens (tertiary/aromatic N) is 3. The highest BCUT2D eigenvalue weighted by molar-refractivity contribution is 7.85. The fourth-order valence-electron chi connectivity index (χ4n) is 4.47. The Morgan fingerprint density at radius 1 is 1.09 bits per heavy atom. The third kappa shape index (κ3) is 4.75. The highest BCUT2D eigenvalue weighted by atomic mass is 35.5. The predicted octanol–water partition coefficient (Wildman–Crippen LogP) is 4.34. The van der Waals surface area contributed by atoms with Crippen molar-refractivity contribution < 1.29 is 26.8 Å². The number of ether oxygens (including phenoxy) is 3. The quantitative estimate of drug-likeness (QED) is 0.405. The molecule has 0 N–H and O–H groups in total. The van der Waals surface area contributed by atoms with Crippen molar-refractivity contribution in [3.63, 3.8) is 0 Å². The van der Waals surface area contributed by atoms with E-state index >= 15 is 0 Å². The maximum atomic E-state index is 11.6. The van der Waals surface area contributed by atoms with Crippen LogP contribution in [0.5, 0.6) is 11.5 Å². The molecule has 2 aromatic carbocycles. The molecule has 0 amide bonds. The lowest BCUT2D eigenvalue weighted by Crippen LogP contribution is -2.15. The molecule has 1 fully saturated rings. The second-order valence-electron chi connectivity index (χ2n) is 8.63. The molecule has 11 heteroatoms. The SMILES string of the molecule is COc1cccc([C@@H]2O[C@@H](CCOS(C)(=O)=O)c3nnc(C4CC4)n3-c3ccc(Cl)cc32)c1OC. The first kappa shape index (κ1) is 24.1. The van der Waals surface area contributed by atoms with Crippen LogP contribution in [0.15, 0.2) is 36.4 Å². The van der Waals surface area contributed by atoms with E-state index in [4.69, 9.17) is 30.0 Å². The van der Waals surface area contributed by atoms with Crippen molar-refractivity contribution in [3.8, 4) is 17.2 Å². The third-order valence-corrected chi connectivity index (χ3v) is 6.98. The van der Waals surface area contributed by atoms with Crippen molar-refractivity contribution in [2.45, 2.75) is 37.4 Å². The van der Waals surface area contributed by atoms with Gasteiger partial charge in [-0.25, -0.2) is 0 Å². The van der Waals surface area contributed by atoms with Crippen molar-refractivity contribution in [2.75, 3.05) is 27.1 Å². The van der Waals surface area contributed by atoms with E-state index in [1.54, 1.807) is 14.2 Å². The van der Waals surface area contributed by atoms with Gasteiger partial charge in [-0.2, -0.15) is 8.42 Å². The summed E-state index contributed by atoms with van der Waals surface area (Å²) in [5.41, 5.74) is 2.42. The molecule has 0 saturated heterocycles. The van der Waals surface area contributed by atoms with Gasteiger partial charge in [0, 0.05) is 28.5 Å². The molecule has 0 unspecified atom stereocenters. The summed E-state index contributed by atoms with van der Waals surface area (Å²) in [5, 5.41) is 9.54. The minimum Gasteiger partial charge on any atom is -0.493 e. The molecule has 1 aromatic heterocycles. The van der Waals surface area contributed by atoms with E-state index in [1.165, 1.54) is 0 Å².